The fourth-order valence-electron chi connectivity index (χ4n) is 3.69. The molecule has 0 N–H and O–H groups in total. The molecular formula is C20H20N4OS. The predicted octanol–water partition coefficient (Wildman–Crippen LogP) is 4.43. The van der Waals surface area contributed by atoms with Gasteiger partial charge in [0, 0.05) is 29.1 Å². The second kappa shape index (κ2) is 6.70. The third kappa shape index (κ3) is 3.06. The molecule has 1 aliphatic rings. The molecule has 5 nitrogen and oxygen atoms in total. The van der Waals surface area contributed by atoms with Crippen molar-refractivity contribution in [3.05, 3.63) is 65.8 Å². The fourth-order valence-corrected chi connectivity index (χ4v) is 4.41. The van der Waals surface area contributed by atoms with Gasteiger partial charge in [-0.3, -0.25) is 4.90 Å². The van der Waals surface area contributed by atoms with E-state index in [1.54, 1.807) is 17.6 Å². The molecule has 5 rings (SSSR count). The van der Waals surface area contributed by atoms with E-state index >= 15 is 0 Å². The lowest BCUT2D eigenvalue weighted by molar-refractivity contribution is 0.183. The molecule has 0 aromatic carbocycles. The van der Waals surface area contributed by atoms with Crippen molar-refractivity contribution in [1.29, 1.82) is 0 Å². The first-order valence-corrected chi connectivity index (χ1v) is 9.88. The van der Waals surface area contributed by atoms with Crippen molar-refractivity contribution in [2.45, 2.75) is 25.3 Å². The van der Waals surface area contributed by atoms with Crippen LogP contribution in [0, 0.1) is 0 Å². The lowest BCUT2D eigenvalue weighted by Crippen LogP contribution is -2.34. The maximum absolute atomic E-state index is 5.50. The third-order valence-corrected chi connectivity index (χ3v) is 5.90. The molecule has 4 aromatic heterocycles. The van der Waals surface area contributed by atoms with E-state index in [1.807, 2.05) is 16.6 Å². The number of hydrogen-bond donors (Lipinski definition) is 0. The van der Waals surface area contributed by atoms with Crippen LogP contribution in [0.2, 0.25) is 0 Å². The molecule has 0 unspecified atom stereocenters. The Morgan fingerprint density at radius 3 is 3.04 bits per heavy atom. The van der Waals surface area contributed by atoms with Crippen LogP contribution in [-0.2, 0) is 6.54 Å². The molecule has 0 amide bonds. The van der Waals surface area contributed by atoms with Crippen molar-refractivity contribution in [3.8, 4) is 10.4 Å². The van der Waals surface area contributed by atoms with E-state index in [0.717, 1.165) is 43.3 Å². The summed E-state index contributed by atoms with van der Waals surface area (Å²) in [5.74, 6) is 2.36. The Kier molecular flexibility index (Phi) is 4.07. The van der Waals surface area contributed by atoms with Crippen molar-refractivity contribution < 1.29 is 4.42 Å². The molecule has 0 spiro atoms. The molecular weight excluding hydrogens is 344 g/mol. The molecule has 4 aromatic rings. The van der Waals surface area contributed by atoms with Crippen LogP contribution in [0.3, 0.4) is 0 Å². The van der Waals surface area contributed by atoms with E-state index in [-0.39, 0.29) is 0 Å². The monoisotopic (exact) mass is 364 g/mol. The Balaban J connectivity index is 1.38. The minimum absolute atomic E-state index is 0.379. The Morgan fingerprint density at radius 1 is 1.19 bits per heavy atom. The quantitative estimate of drug-likeness (QED) is 0.537. The van der Waals surface area contributed by atoms with Crippen LogP contribution >= 0.6 is 11.3 Å². The largest absolute Gasteiger partial charge is 0.468 e. The van der Waals surface area contributed by atoms with Gasteiger partial charge in [-0.1, -0.05) is 6.07 Å². The second-order valence-electron chi connectivity index (χ2n) is 6.82. The van der Waals surface area contributed by atoms with Gasteiger partial charge in [0.05, 0.1) is 12.8 Å². The summed E-state index contributed by atoms with van der Waals surface area (Å²) in [6, 6.07) is 12.4. The molecule has 132 valence electrons. The number of thiophene rings is 1. The molecule has 6 heteroatoms. The number of rotatable bonds is 4. The van der Waals surface area contributed by atoms with Gasteiger partial charge in [0.15, 0.2) is 11.5 Å². The number of fused-ring (bicyclic) bond motifs is 1. The van der Waals surface area contributed by atoms with Gasteiger partial charge in [0.2, 0.25) is 0 Å². The average Bonchev–Trinajstić information content (AvgIpc) is 3.42. The van der Waals surface area contributed by atoms with E-state index in [0.29, 0.717) is 5.92 Å². The number of hydrogen-bond acceptors (Lipinski definition) is 5. The highest BCUT2D eigenvalue weighted by Gasteiger charge is 2.25. The molecule has 0 radical (unpaired) electrons. The minimum atomic E-state index is 0.379. The van der Waals surface area contributed by atoms with Crippen LogP contribution in [0.25, 0.3) is 16.1 Å². The first-order chi connectivity index (χ1) is 12.8. The van der Waals surface area contributed by atoms with E-state index in [4.69, 9.17) is 14.5 Å². The Morgan fingerprint density at radius 2 is 2.19 bits per heavy atom. The molecule has 1 aliphatic heterocycles. The van der Waals surface area contributed by atoms with E-state index in [9.17, 15) is 0 Å². The van der Waals surface area contributed by atoms with E-state index in [1.165, 1.54) is 16.9 Å². The first-order valence-electron chi connectivity index (χ1n) is 9.00. The van der Waals surface area contributed by atoms with Crippen LogP contribution < -0.4 is 0 Å². The van der Waals surface area contributed by atoms with Crippen molar-refractivity contribution in [2.24, 2.45) is 0 Å². The SMILES string of the molecule is c1coc(CN2CCC[C@H](c3nc4ccc(-c5cccs5)cn4n3)C2)c1. The highest BCUT2D eigenvalue weighted by atomic mass is 32.1. The molecule has 0 bridgehead atoms. The Hall–Kier alpha value is -2.44. The standard InChI is InChI=1S/C20H20N4OS/c1-4-16(12-23(9-1)14-17-5-2-10-25-17)20-21-19-8-7-15(13-24(19)22-20)18-6-3-11-26-18/h2-3,5-8,10-11,13,16H,1,4,9,12,14H2/t16-/m0/s1. The number of piperidine rings is 1. The molecule has 1 saturated heterocycles. The zero-order valence-electron chi connectivity index (χ0n) is 14.4. The van der Waals surface area contributed by atoms with Crippen LogP contribution in [0.15, 0.2) is 58.7 Å². The summed E-state index contributed by atoms with van der Waals surface area (Å²) in [5, 5.41) is 6.90. The van der Waals surface area contributed by atoms with Crippen LogP contribution in [0.4, 0.5) is 0 Å². The summed E-state index contributed by atoms with van der Waals surface area (Å²) in [6.45, 7) is 2.95. The van der Waals surface area contributed by atoms with Crippen molar-refractivity contribution in [2.75, 3.05) is 13.1 Å². The van der Waals surface area contributed by atoms with Gasteiger partial charge >= 0.3 is 0 Å². The van der Waals surface area contributed by atoms with Gasteiger partial charge in [-0.05, 0) is 55.1 Å². The zero-order chi connectivity index (χ0) is 17.3. The van der Waals surface area contributed by atoms with Gasteiger partial charge in [0.25, 0.3) is 0 Å². The molecule has 5 heterocycles. The number of pyridine rings is 1. The van der Waals surface area contributed by atoms with Gasteiger partial charge in [-0.2, -0.15) is 5.10 Å². The van der Waals surface area contributed by atoms with E-state index in [2.05, 4.69) is 40.7 Å². The number of likely N-dealkylation sites (tertiary alicyclic amines) is 1. The number of nitrogens with zero attached hydrogens (tertiary/aromatic N) is 4. The Bertz CT molecular complexity index is 990. The highest BCUT2D eigenvalue weighted by Crippen LogP contribution is 2.28. The van der Waals surface area contributed by atoms with E-state index < -0.39 is 0 Å². The molecule has 0 saturated carbocycles. The smallest absolute Gasteiger partial charge is 0.156 e. The van der Waals surface area contributed by atoms with Gasteiger partial charge in [0.1, 0.15) is 5.76 Å². The lowest BCUT2D eigenvalue weighted by atomic mass is 9.97. The summed E-state index contributed by atoms with van der Waals surface area (Å²) in [6.07, 6.45) is 6.14. The molecule has 1 fully saturated rings. The maximum Gasteiger partial charge on any atom is 0.156 e. The van der Waals surface area contributed by atoms with Crippen LogP contribution in [0.1, 0.15) is 30.3 Å². The summed E-state index contributed by atoms with van der Waals surface area (Å²) >= 11 is 1.74. The summed E-state index contributed by atoms with van der Waals surface area (Å²) < 4.78 is 7.42. The minimum Gasteiger partial charge on any atom is -0.468 e. The topological polar surface area (TPSA) is 46.6 Å². The fraction of sp³-hybridized carbons (Fsp3) is 0.300. The van der Waals surface area contributed by atoms with Crippen LogP contribution in [-0.4, -0.2) is 32.6 Å². The number of aromatic nitrogens is 3. The molecule has 26 heavy (non-hydrogen) atoms. The average molecular weight is 364 g/mol. The normalized spacial score (nSPS) is 18.5. The predicted molar refractivity (Wildman–Crippen MR) is 102 cm³/mol. The summed E-state index contributed by atoms with van der Waals surface area (Å²) in [4.78, 5) is 8.49. The molecule has 0 aliphatic carbocycles. The van der Waals surface area contributed by atoms with Gasteiger partial charge in [-0.25, -0.2) is 9.50 Å². The lowest BCUT2D eigenvalue weighted by Gasteiger charge is -2.30. The van der Waals surface area contributed by atoms with Crippen molar-refractivity contribution in [3.63, 3.8) is 0 Å². The van der Waals surface area contributed by atoms with Gasteiger partial charge < -0.3 is 4.42 Å². The maximum atomic E-state index is 5.50. The number of furan rings is 1. The second-order valence-corrected chi connectivity index (χ2v) is 7.77. The van der Waals surface area contributed by atoms with Crippen molar-refractivity contribution >= 4 is 17.0 Å². The summed E-state index contributed by atoms with van der Waals surface area (Å²) in [5.41, 5.74) is 2.11. The zero-order valence-corrected chi connectivity index (χ0v) is 15.2. The first kappa shape index (κ1) is 15.8. The third-order valence-electron chi connectivity index (χ3n) is 4.98. The van der Waals surface area contributed by atoms with Crippen molar-refractivity contribution in [1.82, 2.24) is 19.5 Å². The highest BCUT2D eigenvalue weighted by molar-refractivity contribution is 7.13. The van der Waals surface area contributed by atoms with Crippen LogP contribution in [0.5, 0.6) is 0 Å². The molecule has 1 atom stereocenters. The Labute approximate surface area is 155 Å². The summed E-state index contributed by atoms with van der Waals surface area (Å²) in [7, 11) is 0. The van der Waals surface area contributed by atoms with Gasteiger partial charge in [-0.15, -0.1) is 11.3 Å².